The van der Waals surface area contributed by atoms with Gasteiger partial charge in [-0.2, -0.15) is 0 Å². The highest BCUT2D eigenvalue weighted by Crippen LogP contribution is 2.43. The molecule has 5 nitrogen and oxygen atoms in total. The van der Waals surface area contributed by atoms with Gasteiger partial charge in [-0.1, -0.05) is 47.5 Å². The second kappa shape index (κ2) is 8.97. The van der Waals surface area contributed by atoms with Gasteiger partial charge in [-0.05, 0) is 56.0 Å². The minimum atomic E-state index is -0.345. The minimum absolute atomic E-state index is 0.345. The van der Waals surface area contributed by atoms with E-state index in [2.05, 4.69) is 20.4 Å². The summed E-state index contributed by atoms with van der Waals surface area (Å²) in [5.41, 5.74) is 8.44. The lowest BCUT2D eigenvalue weighted by Gasteiger charge is -2.40. The summed E-state index contributed by atoms with van der Waals surface area (Å²) < 4.78 is 2.17. The Labute approximate surface area is 198 Å². The number of amides is 1. The number of primary amides is 1. The molecule has 1 aromatic heterocycles. The van der Waals surface area contributed by atoms with Gasteiger partial charge in [-0.15, -0.1) is 0 Å². The van der Waals surface area contributed by atoms with Crippen LogP contribution in [0.1, 0.15) is 35.8 Å². The van der Waals surface area contributed by atoms with Crippen molar-refractivity contribution in [3.8, 4) is 0 Å². The predicted octanol–water partition coefficient (Wildman–Crippen LogP) is 5.21. The van der Waals surface area contributed by atoms with Crippen molar-refractivity contribution in [2.45, 2.75) is 25.3 Å². The lowest BCUT2D eigenvalue weighted by molar-refractivity contribution is 0.0976. The van der Waals surface area contributed by atoms with Crippen molar-refractivity contribution in [2.24, 2.45) is 11.7 Å². The molecule has 1 saturated carbocycles. The van der Waals surface area contributed by atoms with Crippen LogP contribution in [0.4, 0.5) is 5.69 Å². The SMILES string of the molecule is NC(=O)c1cc2ccccc2n1C1CC(CCN2CCN(c3cccc(Cl)c3Cl)CC2)C1. The molecular weight excluding hydrogens is 443 g/mol. The molecule has 2 heterocycles. The van der Waals surface area contributed by atoms with Crippen molar-refractivity contribution in [3.05, 3.63) is 64.3 Å². The molecule has 1 saturated heterocycles. The van der Waals surface area contributed by atoms with E-state index in [4.69, 9.17) is 28.9 Å². The molecule has 32 heavy (non-hydrogen) atoms. The van der Waals surface area contributed by atoms with Gasteiger partial charge in [-0.25, -0.2) is 0 Å². The van der Waals surface area contributed by atoms with Gasteiger partial charge in [0.25, 0.3) is 5.91 Å². The number of nitrogens with zero attached hydrogens (tertiary/aromatic N) is 3. The highest BCUT2D eigenvalue weighted by Gasteiger charge is 2.33. The largest absolute Gasteiger partial charge is 0.368 e. The second-order valence-corrected chi connectivity index (χ2v) is 9.79. The van der Waals surface area contributed by atoms with E-state index in [1.807, 2.05) is 42.5 Å². The fourth-order valence-corrected chi connectivity index (χ4v) is 5.64. The normalized spacial score (nSPS) is 21.6. The summed E-state index contributed by atoms with van der Waals surface area (Å²) in [5.74, 6) is 0.352. The van der Waals surface area contributed by atoms with Crippen LogP contribution < -0.4 is 10.6 Å². The van der Waals surface area contributed by atoms with Crippen molar-refractivity contribution >= 4 is 45.7 Å². The van der Waals surface area contributed by atoms with Crippen molar-refractivity contribution in [1.82, 2.24) is 9.47 Å². The van der Waals surface area contributed by atoms with Crippen molar-refractivity contribution < 1.29 is 4.79 Å². The van der Waals surface area contributed by atoms with Crippen molar-refractivity contribution in [2.75, 3.05) is 37.6 Å². The molecule has 2 fully saturated rings. The Morgan fingerprint density at radius 2 is 1.75 bits per heavy atom. The monoisotopic (exact) mass is 470 g/mol. The number of benzene rings is 2. The van der Waals surface area contributed by atoms with E-state index in [0.29, 0.717) is 27.7 Å². The van der Waals surface area contributed by atoms with Gasteiger partial charge in [-0.3, -0.25) is 9.69 Å². The molecule has 0 bridgehead atoms. The van der Waals surface area contributed by atoms with Crippen LogP contribution >= 0.6 is 23.2 Å². The number of aromatic nitrogens is 1. The highest BCUT2D eigenvalue weighted by atomic mass is 35.5. The Bertz CT molecular complexity index is 1130. The first-order chi connectivity index (χ1) is 15.5. The number of hydrogen-bond acceptors (Lipinski definition) is 3. The lowest BCUT2D eigenvalue weighted by atomic mass is 9.77. The molecule has 2 aromatic carbocycles. The van der Waals surface area contributed by atoms with E-state index >= 15 is 0 Å². The van der Waals surface area contributed by atoms with Crippen LogP contribution in [0.5, 0.6) is 0 Å². The summed E-state index contributed by atoms with van der Waals surface area (Å²) in [4.78, 5) is 16.9. The molecule has 0 unspecified atom stereocenters. The second-order valence-electron chi connectivity index (χ2n) is 9.00. The van der Waals surface area contributed by atoms with Gasteiger partial charge < -0.3 is 15.2 Å². The average Bonchev–Trinajstić information content (AvgIpc) is 3.15. The molecule has 3 aromatic rings. The molecule has 0 atom stereocenters. The fourth-order valence-electron chi connectivity index (χ4n) is 5.22. The van der Waals surface area contributed by atoms with Crippen LogP contribution in [0, 0.1) is 5.92 Å². The van der Waals surface area contributed by atoms with E-state index in [1.165, 1.54) is 6.42 Å². The number of fused-ring (bicyclic) bond motifs is 1. The number of para-hydroxylation sites is 1. The Hall–Kier alpha value is -2.21. The standard InChI is InChI=1S/C25H28Cl2N4O/c26-20-5-3-7-22(24(20)27)30-12-10-29(11-13-30)9-8-17-14-19(15-17)31-21-6-2-1-4-18(21)16-23(31)25(28)32/h1-7,16-17,19H,8-15H2,(H2,28,32). The molecule has 0 spiro atoms. The fraction of sp³-hybridized carbons (Fsp3) is 0.400. The highest BCUT2D eigenvalue weighted by molar-refractivity contribution is 6.43. The van der Waals surface area contributed by atoms with Crippen LogP contribution in [-0.2, 0) is 0 Å². The number of nitrogens with two attached hydrogens (primary N) is 1. The number of halogens is 2. The molecular formula is C25H28Cl2N4O. The van der Waals surface area contributed by atoms with Gasteiger partial charge in [0.1, 0.15) is 5.69 Å². The van der Waals surface area contributed by atoms with Gasteiger partial charge in [0.15, 0.2) is 0 Å². The average molecular weight is 471 g/mol. The molecule has 168 valence electrons. The van der Waals surface area contributed by atoms with E-state index in [9.17, 15) is 4.79 Å². The Kier molecular flexibility index (Phi) is 6.06. The van der Waals surface area contributed by atoms with Gasteiger partial charge >= 0.3 is 0 Å². The number of rotatable bonds is 6. The number of piperazine rings is 1. The first-order valence-corrected chi connectivity index (χ1v) is 12.1. The molecule has 1 aliphatic heterocycles. The third kappa shape index (κ3) is 4.09. The zero-order chi connectivity index (χ0) is 22.2. The number of carbonyl (C=O) groups is 1. The zero-order valence-corrected chi connectivity index (χ0v) is 19.5. The Balaban J connectivity index is 1.13. The number of carbonyl (C=O) groups excluding carboxylic acids is 1. The summed E-state index contributed by atoms with van der Waals surface area (Å²) in [5, 5.41) is 2.35. The van der Waals surface area contributed by atoms with Gasteiger partial charge in [0.05, 0.1) is 15.7 Å². The van der Waals surface area contributed by atoms with Crippen LogP contribution in [-0.4, -0.2) is 48.1 Å². The van der Waals surface area contributed by atoms with Crippen LogP contribution in [0.3, 0.4) is 0 Å². The minimum Gasteiger partial charge on any atom is -0.368 e. The van der Waals surface area contributed by atoms with Gasteiger partial charge in [0.2, 0.25) is 0 Å². The molecule has 2 N–H and O–H groups in total. The van der Waals surface area contributed by atoms with E-state index in [1.54, 1.807) is 0 Å². The third-order valence-corrected chi connectivity index (χ3v) is 7.88. The first-order valence-electron chi connectivity index (χ1n) is 11.3. The zero-order valence-electron chi connectivity index (χ0n) is 18.0. The maximum atomic E-state index is 12.0. The Morgan fingerprint density at radius 1 is 1.00 bits per heavy atom. The lowest BCUT2D eigenvalue weighted by Crippen LogP contribution is -2.47. The summed E-state index contributed by atoms with van der Waals surface area (Å²) in [6.07, 6.45) is 3.41. The van der Waals surface area contributed by atoms with E-state index in [0.717, 1.165) is 62.2 Å². The molecule has 5 rings (SSSR count). The first kappa shape index (κ1) is 21.6. The molecule has 7 heteroatoms. The number of hydrogen-bond donors (Lipinski definition) is 1. The summed E-state index contributed by atoms with van der Waals surface area (Å²) >= 11 is 12.6. The maximum absolute atomic E-state index is 12.0. The predicted molar refractivity (Wildman–Crippen MR) is 132 cm³/mol. The summed E-state index contributed by atoms with van der Waals surface area (Å²) in [6.45, 7) is 5.11. The third-order valence-electron chi connectivity index (χ3n) is 7.07. The van der Waals surface area contributed by atoms with Crippen molar-refractivity contribution in [3.63, 3.8) is 0 Å². The van der Waals surface area contributed by atoms with Crippen LogP contribution in [0.2, 0.25) is 10.0 Å². The van der Waals surface area contributed by atoms with E-state index < -0.39 is 0 Å². The summed E-state index contributed by atoms with van der Waals surface area (Å²) in [7, 11) is 0. The van der Waals surface area contributed by atoms with E-state index in [-0.39, 0.29) is 5.91 Å². The molecule has 1 amide bonds. The quantitative estimate of drug-likeness (QED) is 0.537. The molecule has 2 aliphatic rings. The van der Waals surface area contributed by atoms with Crippen LogP contribution in [0.25, 0.3) is 10.9 Å². The van der Waals surface area contributed by atoms with Crippen LogP contribution in [0.15, 0.2) is 48.5 Å². The smallest absolute Gasteiger partial charge is 0.265 e. The summed E-state index contributed by atoms with van der Waals surface area (Å²) in [6, 6.07) is 16.3. The van der Waals surface area contributed by atoms with Crippen molar-refractivity contribution in [1.29, 1.82) is 0 Å². The maximum Gasteiger partial charge on any atom is 0.265 e. The topological polar surface area (TPSA) is 54.5 Å². The number of anilines is 1. The van der Waals surface area contributed by atoms with Gasteiger partial charge in [0, 0.05) is 43.1 Å². The molecule has 0 radical (unpaired) electrons. The molecule has 1 aliphatic carbocycles. The Morgan fingerprint density at radius 3 is 2.50 bits per heavy atom.